The molecule has 0 unspecified atom stereocenters. The predicted molar refractivity (Wildman–Crippen MR) is 129 cm³/mol. The van der Waals surface area contributed by atoms with E-state index in [1.807, 2.05) is 71.6 Å². The Morgan fingerprint density at radius 3 is 2.64 bits per heavy atom. The molecule has 0 spiro atoms. The lowest BCUT2D eigenvalue weighted by Crippen LogP contribution is -2.24. The van der Waals surface area contributed by atoms with Gasteiger partial charge in [0.1, 0.15) is 23.9 Å². The van der Waals surface area contributed by atoms with Gasteiger partial charge in [0.25, 0.3) is 0 Å². The van der Waals surface area contributed by atoms with E-state index in [2.05, 4.69) is 17.6 Å². The Kier molecular flexibility index (Phi) is 5.73. The maximum atomic E-state index is 12.9. The van der Waals surface area contributed by atoms with Gasteiger partial charge in [-0.3, -0.25) is 4.79 Å². The first kappa shape index (κ1) is 21.1. The molecule has 3 aromatic carbocycles. The van der Waals surface area contributed by atoms with E-state index in [4.69, 9.17) is 14.5 Å². The number of hydrogen-bond donors (Lipinski definition) is 0. The van der Waals surface area contributed by atoms with Crippen molar-refractivity contribution in [1.29, 1.82) is 0 Å². The number of aromatic nitrogens is 2. The van der Waals surface area contributed by atoms with E-state index in [0.29, 0.717) is 26.1 Å². The largest absolute Gasteiger partial charge is 0.497 e. The van der Waals surface area contributed by atoms with E-state index in [-0.39, 0.29) is 11.8 Å². The molecular weight excluding hydrogens is 414 g/mol. The number of nitrogens with zero attached hydrogens (tertiary/aromatic N) is 3. The quantitative estimate of drug-likeness (QED) is 0.407. The van der Waals surface area contributed by atoms with Gasteiger partial charge >= 0.3 is 0 Å². The molecule has 0 radical (unpaired) electrons. The molecule has 0 N–H and O–H groups in total. The van der Waals surface area contributed by atoms with Gasteiger partial charge in [0, 0.05) is 30.6 Å². The third-order valence-electron chi connectivity index (χ3n) is 6.14. The highest BCUT2D eigenvalue weighted by atomic mass is 16.5. The number of amides is 1. The fourth-order valence-electron chi connectivity index (χ4n) is 4.44. The van der Waals surface area contributed by atoms with Gasteiger partial charge in [-0.2, -0.15) is 0 Å². The van der Waals surface area contributed by atoms with Gasteiger partial charge in [0.2, 0.25) is 5.91 Å². The standard InChI is InChI=1S/C27H27N3O3/c1-19-10-12-22(13-11-19)33-15-14-29-25-9-4-3-8-24(25)28-27(29)20-16-26(31)30(18-20)21-6-5-7-23(17-21)32-2/h3-13,17,20H,14-16,18H2,1-2H3/t20-/m0/s1. The number of ether oxygens (including phenoxy) is 2. The van der Waals surface area contributed by atoms with Crippen molar-refractivity contribution in [2.24, 2.45) is 0 Å². The summed E-state index contributed by atoms with van der Waals surface area (Å²) in [6.07, 6.45) is 0.430. The Morgan fingerprint density at radius 2 is 1.82 bits per heavy atom. The van der Waals surface area contributed by atoms with Crippen molar-refractivity contribution in [2.45, 2.75) is 25.8 Å². The summed E-state index contributed by atoms with van der Waals surface area (Å²) in [7, 11) is 1.63. The third kappa shape index (κ3) is 4.29. The molecule has 4 aromatic rings. The summed E-state index contributed by atoms with van der Waals surface area (Å²) >= 11 is 0. The molecule has 0 saturated carbocycles. The molecule has 1 atom stereocenters. The average molecular weight is 442 g/mol. The Hall–Kier alpha value is -3.80. The van der Waals surface area contributed by atoms with E-state index >= 15 is 0 Å². The lowest BCUT2D eigenvalue weighted by Gasteiger charge is -2.18. The maximum absolute atomic E-state index is 12.9. The summed E-state index contributed by atoms with van der Waals surface area (Å²) in [5, 5.41) is 0. The molecule has 0 bridgehead atoms. The summed E-state index contributed by atoms with van der Waals surface area (Å²) in [4.78, 5) is 19.7. The zero-order valence-corrected chi connectivity index (χ0v) is 18.9. The second-order valence-electron chi connectivity index (χ2n) is 8.38. The molecule has 1 aromatic heterocycles. The molecule has 5 rings (SSSR count). The number of rotatable bonds is 7. The lowest BCUT2D eigenvalue weighted by atomic mass is 10.1. The second kappa shape index (κ2) is 8.98. The van der Waals surface area contributed by atoms with Crippen LogP contribution in [0.4, 0.5) is 5.69 Å². The zero-order valence-electron chi connectivity index (χ0n) is 18.9. The predicted octanol–water partition coefficient (Wildman–Crippen LogP) is 4.95. The van der Waals surface area contributed by atoms with Gasteiger partial charge in [-0.15, -0.1) is 0 Å². The minimum absolute atomic E-state index is 0.00970. The summed E-state index contributed by atoms with van der Waals surface area (Å²) in [6.45, 7) is 3.84. The lowest BCUT2D eigenvalue weighted by molar-refractivity contribution is -0.117. The van der Waals surface area contributed by atoms with Crippen LogP contribution in [-0.4, -0.2) is 35.7 Å². The normalized spacial score (nSPS) is 15.9. The van der Waals surface area contributed by atoms with Crippen LogP contribution in [0.2, 0.25) is 0 Å². The molecule has 168 valence electrons. The van der Waals surface area contributed by atoms with Crippen LogP contribution >= 0.6 is 0 Å². The van der Waals surface area contributed by atoms with Gasteiger partial charge in [0.05, 0.1) is 24.7 Å². The third-order valence-corrected chi connectivity index (χ3v) is 6.14. The highest BCUT2D eigenvalue weighted by Gasteiger charge is 2.35. The fourth-order valence-corrected chi connectivity index (χ4v) is 4.44. The van der Waals surface area contributed by atoms with E-state index in [0.717, 1.165) is 34.0 Å². The van der Waals surface area contributed by atoms with Crippen molar-refractivity contribution in [3.63, 3.8) is 0 Å². The van der Waals surface area contributed by atoms with Crippen molar-refractivity contribution in [2.75, 3.05) is 25.2 Å². The van der Waals surface area contributed by atoms with E-state index in [1.54, 1.807) is 7.11 Å². The summed E-state index contributed by atoms with van der Waals surface area (Å²) < 4.78 is 13.5. The summed E-state index contributed by atoms with van der Waals surface area (Å²) in [5.41, 5.74) is 4.06. The molecular formula is C27H27N3O3. The zero-order chi connectivity index (χ0) is 22.8. The topological polar surface area (TPSA) is 56.6 Å². The summed E-state index contributed by atoms with van der Waals surface area (Å²) in [6, 6.07) is 23.8. The van der Waals surface area contributed by atoms with Crippen LogP contribution in [0.15, 0.2) is 72.8 Å². The minimum Gasteiger partial charge on any atom is -0.497 e. The van der Waals surface area contributed by atoms with Crippen molar-refractivity contribution < 1.29 is 14.3 Å². The van der Waals surface area contributed by atoms with E-state index in [1.165, 1.54) is 5.56 Å². The molecule has 6 heteroatoms. The van der Waals surface area contributed by atoms with E-state index in [9.17, 15) is 4.79 Å². The van der Waals surface area contributed by atoms with Crippen LogP contribution < -0.4 is 14.4 Å². The van der Waals surface area contributed by atoms with Gasteiger partial charge in [-0.05, 0) is 43.3 Å². The number of para-hydroxylation sites is 2. The molecule has 1 aliphatic rings. The van der Waals surface area contributed by atoms with Crippen LogP contribution in [0.25, 0.3) is 11.0 Å². The van der Waals surface area contributed by atoms with Crippen LogP contribution in [0.3, 0.4) is 0 Å². The van der Waals surface area contributed by atoms with Gasteiger partial charge in [-0.25, -0.2) is 4.98 Å². The molecule has 1 saturated heterocycles. The first-order valence-corrected chi connectivity index (χ1v) is 11.2. The van der Waals surface area contributed by atoms with Crippen molar-refractivity contribution in [1.82, 2.24) is 9.55 Å². The molecule has 1 aliphatic heterocycles. The molecule has 1 fully saturated rings. The number of hydrogen-bond acceptors (Lipinski definition) is 4. The number of benzene rings is 3. The molecule has 33 heavy (non-hydrogen) atoms. The highest BCUT2D eigenvalue weighted by Crippen LogP contribution is 2.34. The van der Waals surface area contributed by atoms with Crippen LogP contribution in [0.5, 0.6) is 11.5 Å². The Labute approximate surface area is 193 Å². The molecule has 0 aliphatic carbocycles. The SMILES string of the molecule is COc1cccc(N2C[C@@H](c3nc4ccccc4n3CCOc3ccc(C)cc3)CC2=O)c1. The fraction of sp³-hybridized carbons (Fsp3) is 0.259. The second-order valence-corrected chi connectivity index (χ2v) is 8.38. The monoisotopic (exact) mass is 441 g/mol. The van der Waals surface area contributed by atoms with Gasteiger partial charge in [-0.1, -0.05) is 35.9 Å². The van der Waals surface area contributed by atoms with Crippen LogP contribution in [0, 0.1) is 6.92 Å². The number of carbonyl (C=O) groups is 1. The molecule has 1 amide bonds. The summed E-state index contributed by atoms with van der Waals surface area (Å²) in [5.74, 6) is 2.64. The number of imidazole rings is 1. The van der Waals surface area contributed by atoms with Crippen LogP contribution in [0.1, 0.15) is 23.7 Å². The van der Waals surface area contributed by atoms with Gasteiger partial charge < -0.3 is 18.9 Å². The van der Waals surface area contributed by atoms with Crippen LogP contribution in [-0.2, 0) is 11.3 Å². The van der Waals surface area contributed by atoms with E-state index < -0.39 is 0 Å². The highest BCUT2D eigenvalue weighted by molar-refractivity contribution is 5.96. The van der Waals surface area contributed by atoms with Gasteiger partial charge in [0.15, 0.2) is 0 Å². The Bertz CT molecular complexity index is 1280. The van der Waals surface area contributed by atoms with Crippen molar-refractivity contribution in [3.8, 4) is 11.5 Å². The Morgan fingerprint density at radius 1 is 1.00 bits per heavy atom. The van der Waals surface area contributed by atoms with Crippen molar-refractivity contribution >= 4 is 22.6 Å². The molecule has 6 nitrogen and oxygen atoms in total. The molecule has 2 heterocycles. The average Bonchev–Trinajstić information content (AvgIpc) is 3.41. The first-order chi connectivity index (χ1) is 16.1. The first-order valence-electron chi connectivity index (χ1n) is 11.2. The number of aryl methyl sites for hydroxylation is 1. The Balaban J connectivity index is 1.39. The number of anilines is 1. The number of fused-ring (bicyclic) bond motifs is 1. The number of carbonyl (C=O) groups excluding carboxylic acids is 1. The van der Waals surface area contributed by atoms with Crippen molar-refractivity contribution in [3.05, 3.63) is 84.2 Å². The minimum atomic E-state index is 0.00970. The number of methoxy groups -OCH3 is 1. The maximum Gasteiger partial charge on any atom is 0.227 e. The smallest absolute Gasteiger partial charge is 0.227 e.